The van der Waals surface area contributed by atoms with Gasteiger partial charge in [-0.15, -0.1) is 0 Å². The SMILES string of the molecule is CC(C)(C)OC(=O)NNCc1ccc(C(C)(C)C#N)cc1. The van der Waals surface area contributed by atoms with Crippen molar-refractivity contribution in [1.29, 1.82) is 5.26 Å². The molecule has 1 rings (SSSR count). The molecule has 1 amide bonds. The molecule has 0 aromatic heterocycles. The third-order valence-electron chi connectivity index (χ3n) is 2.84. The summed E-state index contributed by atoms with van der Waals surface area (Å²) in [5, 5.41) is 9.09. The van der Waals surface area contributed by atoms with Gasteiger partial charge < -0.3 is 4.74 Å². The van der Waals surface area contributed by atoms with E-state index in [1.54, 1.807) is 0 Å². The Morgan fingerprint density at radius 3 is 2.24 bits per heavy atom. The van der Waals surface area contributed by atoms with Crippen molar-refractivity contribution in [1.82, 2.24) is 10.9 Å². The Balaban J connectivity index is 2.48. The second-order valence-corrected chi connectivity index (χ2v) is 6.41. The van der Waals surface area contributed by atoms with E-state index in [1.165, 1.54) is 0 Å². The van der Waals surface area contributed by atoms with E-state index in [0.29, 0.717) is 6.54 Å². The van der Waals surface area contributed by atoms with Crippen LogP contribution in [0.5, 0.6) is 0 Å². The van der Waals surface area contributed by atoms with Crippen LogP contribution in [0, 0.1) is 11.3 Å². The normalized spacial score (nSPS) is 11.6. The fourth-order valence-corrected chi connectivity index (χ4v) is 1.63. The topological polar surface area (TPSA) is 74.2 Å². The number of rotatable bonds is 4. The number of nitrogens with one attached hydrogen (secondary N) is 2. The summed E-state index contributed by atoms with van der Waals surface area (Å²) >= 11 is 0. The minimum absolute atomic E-state index is 0.479. The maximum Gasteiger partial charge on any atom is 0.422 e. The molecule has 0 fully saturated rings. The molecule has 0 saturated heterocycles. The van der Waals surface area contributed by atoms with E-state index < -0.39 is 17.1 Å². The van der Waals surface area contributed by atoms with Gasteiger partial charge in [-0.25, -0.2) is 10.2 Å². The van der Waals surface area contributed by atoms with Gasteiger partial charge in [0.15, 0.2) is 0 Å². The van der Waals surface area contributed by atoms with Gasteiger partial charge in [-0.3, -0.25) is 5.43 Å². The molecule has 0 saturated carbocycles. The number of carbonyl (C=O) groups is 1. The summed E-state index contributed by atoms with van der Waals surface area (Å²) in [5.41, 5.74) is 6.24. The van der Waals surface area contributed by atoms with Crippen molar-refractivity contribution >= 4 is 6.09 Å². The fraction of sp³-hybridized carbons (Fsp3) is 0.500. The van der Waals surface area contributed by atoms with Crippen LogP contribution in [0.1, 0.15) is 45.7 Å². The Morgan fingerprint density at radius 1 is 1.19 bits per heavy atom. The van der Waals surface area contributed by atoms with Crippen molar-refractivity contribution in [3.63, 3.8) is 0 Å². The molecular weight excluding hydrogens is 266 g/mol. The molecule has 0 aliphatic heterocycles. The lowest BCUT2D eigenvalue weighted by molar-refractivity contribution is 0.0497. The van der Waals surface area contributed by atoms with Crippen LogP contribution in [0.25, 0.3) is 0 Å². The van der Waals surface area contributed by atoms with Crippen LogP contribution in [-0.2, 0) is 16.7 Å². The molecule has 0 aliphatic carbocycles. The lowest BCUT2D eigenvalue weighted by atomic mass is 9.86. The van der Waals surface area contributed by atoms with Crippen LogP contribution >= 0.6 is 0 Å². The Labute approximate surface area is 126 Å². The first-order valence-electron chi connectivity index (χ1n) is 6.86. The van der Waals surface area contributed by atoms with E-state index in [1.807, 2.05) is 58.9 Å². The molecule has 2 N–H and O–H groups in total. The van der Waals surface area contributed by atoms with Crippen LogP contribution in [0.4, 0.5) is 4.79 Å². The standard InChI is InChI=1S/C16H23N3O2/c1-15(2,3)21-14(20)19-18-10-12-6-8-13(9-7-12)16(4,5)11-17/h6-9,18H,10H2,1-5H3,(H,19,20). The minimum Gasteiger partial charge on any atom is -0.443 e. The average Bonchev–Trinajstić information content (AvgIpc) is 2.37. The monoisotopic (exact) mass is 289 g/mol. The van der Waals surface area contributed by atoms with Gasteiger partial charge in [-0.05, 0) is 45.7 Å². The first-order valence-corrected chi connectivity index (χ1v) is 6.86. The van der Waals surface area contributed by atoms with E-state index >= 15 is 0 Å². The van der Waals surface area contributed by atoms with Gasteiger partial charge in [0.25, 0.3) is 0 Å². The van der Waals surface area contributed by atoms with Crippen LogP contribution in [0.15, 0.2) is 24.3 Å². The molecule has 0 atom stereocenters. The first-order chi connectivity index (χ1) is 9.64. The lowest BCUT2D eigenvalue weighted by Gasteiger charge is -2.20. The van der Waals surface area contributed by atoms with Crippen LogP contribution in [0.3, 0.4) is 0 Å². The maximum atomic E-state index is 11.4. The summed E-state index contributed by atoms with van der Waals surface area (Å²) < 4.78 is 5.11. The lowest BCUT2D eigenvalue weighted by Crippen LogP contribution is -2.40. The van der Waals surface area contributed by atoms with E-state index in [9.17, 15) is 4.79 Å². The molecule has 5 heteroatoms. The van der Waals surface area contributed by atoms with Crippen molar-refractivity contribution in [3.05, 3.63) is 35.4 Å². The smallest absolute Gasteiger partial charge is 0.422 e. The van der Waals surface area contributed by atoms with Crippen molar-refractivity contribution in [2.75, 3.05) is 0 Å². The van der Waals surface area contributed by atoms with Gasteiger partial charge in [0, 0.05) is 6.54 Å². The first kappa shape index (κ1) is 17.0. The molecule has 1 aromatic carbocycles. The van der Waals surface area contributed by atoms with Crippen molar-refractivity contribution < 1.29 is 9.53 Å². The van der Waals surface area contributed by atoms with Crippen LogP contribution in [-0.4, -0.2) is 11.7 Å². The summed E-state index contributed by atoms with van der Waals surface area (Å²) in [6.07, 6.45) is -0.510. The number of carbonyl (C=O) groups excluding carboxylic acids is 1. The van der Waals surface area contributed by atoms with Crippen LogP contribution in [0.2, 0.25) is 0 Å². The number of nitrogens with zero attached hydrogens (tertiary/aromatic N) is 1. The van der Waals surface area contributed by atoms with Crippen LogP contribution < -0.4 is 10.9 Å². The van der Waals surface area contributed by atoms with Crippen molar-refractivity contribution in [3.8, 4) is 6.07 Å². The van der Waals surface area contributed by atoms with Gasteiger partial charge in [0.1, 0.15) is 5.60 Å². The summed E-state index contributed by atoms with van der Waals surface area (Å²) in [5.74, 6) is 0. The third-order valence-corrected chi connectivity index (χ3v) is 2.84. The second-order valence-electron chi connectivity index (χ2n) is 6.41. The fourth-order valence-electron chi connectivity index (χ4n) is 1.63. The Morgan fingerprint density at radius 2 is 1.76 bits per heavy atom. The van der Waals surface area contributed by atoms with E-state index in [2.05, 4.69) is 16.9 Å². The summed E-state index contributed by atoms with van der Waals surface area (Å²) in [6.45, 7) is 9.66. The summed E-state index contributed by atoms with van der Waals surface area (Å²) in [6, 6.07) is 9.97. The maximum absolute atomic E-state index is 11.4. The van der Waals surface area contributed by atoms with E-state index in [-0.39, 0.29) is 0 Å². The Bertz CT molecular complexity index is 522. The minimum atomic E-state index is -0.518. The van der Waals surface area contributed by atoms with Crippen molar-refractivity contribution in [2.45, 2.75) is 52.2 Å². The van der Waals surface area contributed by atoms with Crippen molar-refractivity contribution in [2.24, 2.45) is 0 Å². The third kappa shape index (κ3) is 5.84. The number of hydrogen-bond donors (Lipinski definition) is 2. The number of amides is 1. The van der Waals surface area contributed by atoms with Gasteiger partial charge in [-0.2, -0.15) is 5.26 Å². The second kappa shape index (κ2) is 6.59. The molecular formula is C16H23N3O2. The van der Waals surface area contributed by atoms with Gasteiger partial charge in [0.05, 0.1) is 11.5 Å². The van der Waals surface area contributed by atoms with Gasteiger partial charge in [-0.1, -0.05) is 24.3 Å². The number of benzene rings is 1. The highest BCUT2D eigenvalue weighted by Gasteiger charge is 2.19. The molecule has 0 heterocycles. The highest BCUT2D eigenvalue weighted by Crippen LogP contribution is 2.22. The van der Waals surface area contributed by atoms with Gasteiger partial charge in [0.2, 0.25) is 0 Å². The molecule has 1 aromatic rings. The zero-order valence-electron chi connectivity index (χ0n) is 13.3. The number of hydrazine groups is 1. The average molecular weight is 289 g/mol. The molecule has 0 aliphatic rings. The molecule has 0 radical (unpaired) electrons. The zero-order chi connectivity index (χ0) is 16.1. The number of hydrogen-bond acceptors (Lipinski definition) is 4. The number of nitriles is 1. The summed E-state index contributed by atoms with van der Waals surface area (Å²) in [7, 11) is 0. The predicted octanol–water partition coefficient (Wildman–Crippen LogP) is 3.02. The molecule has 0 bridgehead atoms. The Hall–Kier alpha value is -2.06. The van der Waals surface area contributed by atoms with E-state index in [4.69, 9.17) is 10.00 Å². The number of ether oxygens (including phenoxy) is 1. The molecule has 114 valence electrons. The molecule has 0 unspecified atom stereocenters. The Kier molecular flexibility index (Phi) is 5.34. The highest BCUT2D eigenvalue weighted by atomic mass is 16.6. The molecule has 5 nitrogen and oxygen atoms in total. The molecule has 21 heavy (non-hydrogen) atoms. The highest BCUT2D eigenvalue weighted by molar-refractivity contribution is 5.66. The van der Waals surface area contributed by atoms with E-state index in [0.717, 1.165) is 11.1 Å². The predicted molar refractivity (Wildman–Crippen MR) is 81.3 cm³/mol. The summed E-state index contributed by atoms with van der Waals surface area (Å²) in [4.78, 5) is 11.4. The van der Waals surface area contributed by atoms with Gasteiger partial charge >= 0.3 is 6.09 Å². The quantitative estimate of drug-likeness (QED) is 0.836. The zero-order valence-corrected chi connectivity index (χ0v) is 13.3. The largest absolute Gasteiger partial charge is 0.443 e. The molecule has 0 spiro atoms.